The molecule has 0 radical (unpaired) electrons. The first kappa shape index (κ1) is 21.6. The van der Waals surface area contributed by atoms with E-state index in [9.17, 15) is 4.79 Å². The van der Waals surface area contributed by atoms with Gasteiger partial charge in [0.1, 0.15) is 5.69 Å². The maximum Gasteiger partial charge on any atom is 0.270 e. The summed E-state index contributed by atoms with van der Waals surface area (Å²) in [7, 11) is 0. The normalized spacial score (nSPS) is 15.0. The van der Waals surface area contributed by atoms with Crippen molar-refractivity contribution in [1.29, 1.82) is 0 Å². The van der Waals surface area contributed by atoms with Crippen molar-refractivity contribution in [1.82, 2.24) is 14.4 Å². The van der Waals surface area contributed by atoms with Gasteiger partial charge in [0.15, 0.2) is 5.58 Å². The Morgan fingerprint density at radius 2 is 1.79 bits per heavy atom. The van der Waals surface area contributed by atoms with Gasteiger partial charge in [-0.25, -0.2) is 0 Å². The van der Waals surface area contributed by atoms with E-state index in [1.165, 1.54) is 5.56 Å². The van der Waals surface area contributed by atoms with E-state index in [-0.39, 0.29) is 5.91 Å². The van der Waals surface area contributed by atoms with Crippen LogP contribution in [0, 0.1) is 0 Å². The quantitative estimate of drug-likeness (QED) is 0.387. The van der Waals surface area contributed by atoms with Gasteiger partial charge in [0.2, 0.25) is 0 Å². The minimum atomic E-state index is 0.0444. The number of hydrogen-bond donors (Lipinski definition) is 0. The minimum Gasteiger partial charge on any atom is -0.463 e. The summed E-state index contributed by atoms with van der Waals surface area (Å²) in [6.07, 6.45) is 6.00. The number of fused-ring (bicyclic) bond motifs is 1. The van der Waals surface area contributed by atoms with Gasteiger partial charge < -0.3 is 13.9 Å². The summed E-state index contributed by atoms with van der Waals surface area (Å²) in [4.78, 5) is 17.8. The summed E-state index contributed by atoms with van der Waals surface area (Å²) in [5.41, 5.74) is 4.55. The van der Waals surface area contributed by atoms with Crippen LogP contribution in [-0.2, 0) is 6.54 Å². The second-order valence-electron chi connectivity index (χ2n) is 8.32. The van der Waals surface area contributed by atoms with E-state index in [2.05, 4.69) is 29.2 Å². The van der Waals surface area contributed by atoms with Gasteiger partial charge in [-0.3, -0.25) is 9.69 Å². The van der Waals surface area contributed by atoms with E-state index in [4.69, 9.17) is 16.0 Å². The summed E-state index contributed by atoms with van der Waals surface area (Å²) in [6.45, 7) is 4.58. The molecule has 168 valence electrons. The van der Waals surface area contributed by atoms with Gasteiger partial charge in [0, 0.05) is 56.4 Å². The van der Waals surface area contributed by atoms with Crippen molar-refractivity contribution in [3.8, 4) is 0 Å². The van der Waals surface area contributed by atoms with Crippen LogP contribution in [0.5, 0.6) is 0 Å². The fraction of sp³-hybridized carbons (Fsp3) is 0.222. The molecule has 33 heavy (non-hydrogen) atoms. The lowest BCUT2D eigenvalue weighted by Crippen LogP contribution is -2.49. The summed E-state index contributed by atoms with van der Waals surface area (Å²) >= 11 is 6.18. The standard InChI is InChI=1S/C27H26ClN3O2/c28-23-10-4-8-22(18-23)20-31-24-11-17-33-26(24)19-25(31)27(32)30-15-13-29(14-16-30)12-5-9-21-6-2-1-3-7-21/h1-11,17-19H,12-16,20H2/b9-5+. The zero-order chi connectivity index (χ0) is 22.6. The molecule has 1 aliphatic rings. The van der Waals surface area contributed by atoms with Crippen LogP contribution >= 0.6 is 11.6 Å². The SMILES string of the molecule is O=C(c1cc2occc2n1Cc1cccc(Cl)c1)N1CCN(C/C=C/c2ccccc2)CC1. The molecule has 6 heteroatoms. The van der Waals surface area contributed by atoms with Gasteiger partial charge in [-0.15, -0.1) is 0 Å². The number of hydrogen-bond acceptors (Lipinski definition) is 3. The van der Waals surface area contributed by atoms with Crippen LogP contribution in [-0.4, -0.2) is 53.0 Å². The highest BCUT2D eigenvalue weighted by atomic mass is 35.5. The molecule has 0 atom stereocenters. The zero-order valence-electron chi connectivity index (χ0n) is 18.4. The first-order chi connectivity index (χ1) is 16.2. The largest absolute Gasteiger partial charge is 0.463 e. The lowest BCUT2D eigenvalue weighted by molar-refractivity contribution is 0.0640. The summed E-state index contributed by atoms with van der Waals surface area (Å²) in [5, 5.41) is 0.688. The number of rotatable bonds is 6. The maximum absolute atomic E-state index is 13.5. The van der Waals surface area contributed by atoms with E-state index < -0.39 is 0 Å². The number of furan rings is 1. The molecule has 1 fully saturated rings. The van der Waals surface area contributed by atoms with E-state index in [1.54, 1.807) is 6.26 Å². The van der Waals surface area contributed by atoms with Crippen LogP contribution in [0.25, 0.3) is 17.2 Å². The van der Waals surface area contributed by atoms with Gasteiger partial charge in [-0.05, 0) is 23.3 Å². The molecule has 3 heterocycles. The first-order valence-corrected chi connectivity index (χ1v) is 11.6. The Hall–Kier alpha value is -3.28. The highest BCUT2D eigenvalue weighted by Crippen LogP contribution is 2.25. The lowest BCUT2D eigenvalue weighted by Gasteiger charge is -2.34. The fourth-order valence-corrected chi connectivity index (χ4v) is 4.55. The molecule has 2 aromatic heterocycles. The second-order valence-corrected chi connectivity index (χ2v) is 8.76. The summed E-state index contributed by atoms with van der Waals surface area (Å²) in [6, 6.07) is 21.8. The van der Waals surface area contributed by atoms with Crippen molar-refractivity contribution >= 4 is 34.7 Å². The monoisotopic (exact) mass is 459 g/mol. The molecular formula is C27H26ClN3O2. The molecule has 0 saturated carbocycles. The molecule has 0 N–H and O–H groups in total. The average molecular weight is 460 g/mol. The lowest BCUT2D eigenvalue weighted by atomic mass is 10.2. The predicted octanol–water partition coefficient (Wildman–Crippen LogP) is 5.41. The van der Waals surface area contributed by atoms with E-state index in [1.807, 2.05) is 64.1 Å². The minimum absolute atomic E-state index is 0.0444. The first-order valence-electron chi connectivity index (χ1n) is 11.2. The van der Waals surface area contributed by atoms with Gasteiger partial charge >= 0.3 is 0 Å². The molecule has 5 nitrogen and oxygen atoms in total. The highest BCUT2D eigenvalue weighted by molar-refractivity contribution is 6.30. The summed E-state index contributed by atoms with van der Waals surface area (Å²) in [5.74, 6) is 0.0444. The number of amides is 1. The Morgan fingerprint density at radius 3 is 2.58 bits per heavy atom. The van der Waals surface area contributed by atoms with Crippen LogP contribution in [0.4, 0.5) is 0 Å². The van der Waals surface area contributed by atoms with Crippen molar-refractivity contribution in [2.75, 3.05) is 32.7 Å². The molecule has 5 rings (SSSR count). The van der Waals surface area contributed by atoms with Crippen molar-refractivity contribution in [3.05, 3.63) is 101 Å². The van der Waals surface area contributed by atoms with E-state index >= 15 is 0 Å². The number of halogens is 1. The number of nitrogens with zero attached hydrogens (tertiary/aromatic N) is 3. The Morgan fingerprint density at radius 1 is 0.970 bits per heavy atom. The summed E-state index contributed by atoms with van der Waals surface area (Å²) < 4.78 is 7.63. The number of benzene rings is 2. The number of carbonyl (C=O) groups excluding carboxylic acids is 1. The van der Waals surface area contributed by atoms with Crippen molar-refractivity contribution in [2.24, 2.45) is 0 Å². The number of aromatic nitrogens is 1. The maximum atomic E-state index is 13.5. The second kappa shape index (κ2) is 9.69. The Balaban J connectivity index is 1.26. The van der Waals surface area contributed by atoms with Crippen LogP contribution in [0.15, 0.2) is 83.5 Å². The Kier molecular flexibility index (Phi) is 6.33. The third-order valence-electron chi connectivity index (χ3n) is 6.10. The van der Waals surface area contributed by atoms with Gasteiger partial charge in [0.05, 0.1) is 11.8 Å². The molecule has 4 aromatic rings. The highest BCUT2D eigenvalue weighted by Gasteiger charge is 2.25. The van der Waals surface area contributed by atoms with E-state index in [0.717, 1.165) is 36.3 Å². The van der Waals surface area contributed by atoms with Crippen LogP contribution < -0.4 is 0 Å². The van der Waals surface area contributed by atoms with Crippen LogP contribution in [0.3, 0.4) is 0 Å². The topological polar surface area (TPSA) is 41.6 Å². The van der Waals surface area contributed by atoms with Gasteiger partial charge in [0.25, 0.3) is 5.91 Å². The Labute approximate surface area is 198 Å². The molecule has 0 bridgehead atoms. The molecule has 0 aliphatic carbocycles. The molecule has 0 unspecified atom stereocenters. The van der Waals surface area contributed by atoms with Gasteiger partial charge in [-0.2, -0.15) is 0 Å². The van der Waals surface area contributed by atoms with Gasteiger partial charge in [-0.1, -0.05) is 66.2 Å². The smallest absolute Gasteiger partial charge is 0.270 e. The number of piperazine rings is 1. The number of carbonyl (C=O) groups is 1. The average Bonchev–Trinajstić information content (AvgIpc) is 3.43. The van der Waals surface area contributed by atoms with Crippen molar-refractivity contribution in [2.45, 2.75) is 6.54 Å². The van der Waals surface area contributed by atoms with Crippen LogP contribution in [0.1, 0.15) is 21.6 Å². The fourth-order valence-electron chi connectivity index (χ4n) is 4.34. The predicted molar refractivity (Wildman–Crippen MR) is 133 cm³/mol. The Bertz CT molecular complexity index is 1270. The molecule has 1 amide bonds. The van der Waals surface area contributed by atoms with Crippen LogP contribution in [0.2, 0.25) is 5.02 Å². The molecule has 0 spiro atoms. The third-order valence-corrected chi connectivity index (χ3v) is 6.34. The molecule has 1 aliphatic heterocycles. The molecular weight excluding hydrogens is 434 g/mol. The van der Waals surface area contributed by atoms with Crippen molar-refractivity contribution in [3.63, 3.8) is 0 Å². The molecule has 1 saturated heterocycles. The van der Waals surface area contributed by atoms with Crippen molar-refractivity contribution < 1.29 is 9.21 Å². The molecule has 2 aromatic carbocycles. The third kappa shape index (κ3) is 4.90. The zero-order valence-corrected chi connectivity index (χ0v) is 19.1. The van der Waals surface area contributed by atoms with E-state index in [0.29, 0.717) is 30.4 Å².